The molecular formula is C15H22BrFN2. The molecule has 1 saturated heterocycles. The fourth-order valence-electron chi connectivity index (χ4n) is 2.98. The van der Waals surface area contributed by atoms with Crippen LogP contribution in [-0.2, 0) is 0 Å². The summed E-state index contributed by atoms with van der Waals surface area (Å²) in [5.74, 6) is -0.121. The average Bonchev–Trinajstić information content (AvgIpc) is 2.40. The molecule has 0 aromatic heterocycles. The Morgan fingerprint density at radius 1 is 1.53 bits per heavy atom. The molecule has 2 rings (SSSR count). The lowest BCUT2D eigenvalue weighted by Crippen LogP contribution is -2.47. The molecule has 0 amide bonds. The quantitative estimate of drug-likeness (QED) is 0.906. The third-order valence-electron chi connectivity index (χ3n) is 4.02. The second kappa shape index (κ2) is 6.82. The number of halogens is 2. The van der Waals surface area contributed by atoms with Crippen LogP contribution in [0.25, 0.3) is 0 Å². The summed E-state index contributed by atoms with van der Waals surface area (Å²) >= 11 is 3.31. The van der Waals surface area contributed by atoms with Crippen LogP contribution in [0.5, 0.6) is 0 Å². The predicted octanol–water partition coefficient (Wildman–Crippen LogP) is 3.72. The molecule has 0 bridgehead atoms. The lowest BCUT2D eigenvalue weighted by atomic mass is 10.00. The minimum absolute atomic E-state index is 0.114. The van der Waals surface area contributed by atoms with E-state index < -0.39 is 0 Å². The standard InChI is InChI=1S/C15H22BrFN2/c1-3-19(13-5-4-8-18-10-13)11(2)14-7-6-12(16)9-15(14)17/h6-7,9,11,13,18H,3-5,8,10H2,1-2H3. The van der Waals surface area contributed by atoms with Gasteiger partial charge in [-0.3, -0.25) is 4.90 Å². The summed E-state index contributed by atoms with van der Waals surface area (Å²) in [6, 6.07) is 5.99. The molecule has 0 saturated carbocycles. The Morgan fingerprint density at radius 2 is 2.32 bits per heavy atom. The van der Waals surface area contributed by atoms with E-state index in [1.165, 1.54) is 12.8 Å². The topological polar surface area (TPSA) is 15.3 Å². The van der Waals surface area contributed by atoms with Crippen molar-refractivity contribution >= 4 is 15.9 Å². The largest absolute Gasteiger partial charge is 0.315 e. The van der Waals surface area contributed by atoms with E-state index in [1.54, 1.807) is 6.07 Å². The summed E-state index contributed by atoms with van der Waals surface area (Å²) in [6.45, 7) is 7.32. The first kappa shape index (κ1) is 14.9. The van der Waals surface area contributed by atoms with Crippen LogP contribution in [0.4, 0.5) is 4.39 Å². The molecule has 1 N–H and O–H groups in total. The van der Waals surface area contributed by atoms with E-state index >= 15 is 0 Å². The van der Waals surface area contributed by atoms with Gasteiger partial charge in [0.2, 0.25) is 0 Å². The molecule has 2 atom stereocenters. The van der Waals surface area contributed by atoms with Gasteiger partial charge in [0.15, 0.2) is 0 Å². The molecule has 1 aromatic rings. The average molecular weight is 329 g/mol. The van der Waals surface area contributed by atoms with Gasteiger partial charge in [0.05, 0.1) is 0 Å². The Morgan fingerprint density at radius 3 is 2.89 bits per heavy atom. The number of benzene rings is 1. The van der Waals surface area contributed by atoms with Crippen LogP contribution in [0.15, 0.2) is 22.7 Å². The smallest absolute Gasteiger partial charge is 0.129 e. The zero-order valence-electron chi connectivity index (χ0n) is 11.6. The number of likely N-dealkylation sites (N-methyl/N-ethyl adjacent to an activating group) is 1. The second-order valence-electron chi connectivity index (χ2n) is 5.17. The van der Waals surface area contributed by atoms with Gasteiger partial charge in [-0.05, 0) is 45.0 Å². The third kappa shape index (κ3) is 3.56. The van der Waals surface area contributed by atoms with E-state index in [1.807, 2.05) is 12.1 Å². The normalized spacial score (nSPS) is 21.6. The summed E-state index contributed by atoms with van der Waals surface area (Å²) in [5.41, 5.74) is 0.788. The molecule has 1 heterocycles. The van der Waals surface area contributed by atoms with Crippen LogP contribution in [0.3, 0.4) is 0 Å². The first-order valence-corrected chi connectivity index (χ1v) is 7.84. The van der Waals surface area contributed by atoms with Gasteiger partial charge in [-0.2, -0.15) is 0 Å². The van der Waals surface area contributed by atoms with Gasteiger partial charge in [0, 0.05) is 28.7 Å². The first-order chi connectivity index (χ1) is 9.13. The molecule has 1 aliphatic rings. The SMILES string of the molecule is CCN(C1CCCNC1)C(C)c1ccc(Br)cc1F. The van der Waals surface area contributed by atoms with Crippen molar-refractivity contribution in [3.63, 3.8) is 0 Å². The highest BCUT2D eigenvalue weighted by atomic mass is 79.9. The Kier molecular flexibility index (Phi) is 5.37. The fraction of sp³-hybridized carbons (Fsp3) is 0.600. The van der Waals surface area contributed by atoms with Crippen molar-refractivity contribution in [1.82, 2.24) is 10.2 Å². The molecule has 0 radical (unpaired) electrons. The number of piperidine rings is 1. The van der Waals surface area contributed by atoms with Crippen molar-refractivity contribution in [1.29, 1.82) is 0 Å². The molecule has 2 unspecified atom stereocenters. The van der Waals surface area contributed by atoms with Crippen LogP contribution in [0.1, 0.15) is 38.3 Å². The monoisotopic (exact) mass is 328 g/mol. The Bertz CT molecular complexity index is 419. The minimum Gasteiger partial charge on any atom is -0.315 e. The van der Waals surface area contributed by atoms with Gasteiger partial charge < -0.3 is 5.32 Å². The van der Waals surface area contributed by atoms with Crippen LogP contribution in [0, 0.1) is 5.82 Å². The highest BCUT2D eigenvalue weighted by Gasteiger charge is 2.26. The maximum absolute atomic E-state index is 14.1. The lowest BCUT2D eigenvalue weighted by molar-refractivity contribution is 0.126. The summed E-state index contributed by atoms with van der Waals surface area (Å²) in [4.78, 5) is 2.40. The van der Waals surface area contributed by atoms with Crippen molar-refractivity contribution in [2.45, 2.75) is 38.8 Å². The van der Waals surface area contributed by atoms with Gasteiger partial charge in [0.1, 0.15) is 5.82 Å². The van der Waals surface area contributed by atoms with Crippen LogP contribution < -0.4 is 5.32 Å². The van der Waals surface area contributed by atoms with Crippen LogP contribution in [0.2, 0.25) is 0 Å². The fourth-order valence-corrected chi connectivity index (χ4v) is 3.32. The van der Waals surface area contributed by atoms with Gasteiger partial charge in [0.25, 0.3) is 0 Å². The molecule has 1 fully saturated rings. The molecule has 0 aliphatic carbocycles. The molecule has 0 spiro atoms. The number of rotatable bonds is 4. The molecule has 2 nitrogen and oxygen atoms in total. The summed E-state index contributed by atoms with van der Waals surface area (Å²) in [5, 5.41) is 3.44. The van der Waals surface area contributed by atoms with Gasteiger partial charge in [-0.1, -0.05) is 28.9 Å². The Balaban J connectivity index is 2.17. The maximum Gasteiger partial charge on any atom is 0.129 e. The summed E-state index contributed by atoms with van der Waals surface area (Å²) < 4.78 is 14.9. The van der Waals surface area contributed by atoms with E-state index in [-0.39, 0.29) is 11.9 Å². The maximum atomic E-state index is 14.1. The van der Waals surface area contributed by atoms with Crippen LogP contribution in [-0.4, -0.2) is 30.6 Å². The number of hydrogen-bond donors (Lipinski definition) is 1. The highest BCUT2D eigenvalue weighted by molar-refractivity contribution is 9.10. The number of nitrogens with one attached hydrogen (secondary N) is 1. The van der Waals surface area contributed by atoms with E-state index in [2.05, 4.69) is 40.0 Å². The summed E-state index contributed by atoms with van der Waals surface area (Å²) in [7, 11) is 0. The number of nitrogens with zero attached hydrogens (tertiary/aromatic N) is 1. The Hall–Kier alpha value is -0.450. The van der Waals surface area contributed by atoms with Gasteiger partial charge >= 0.3 is 0 Å². The lowest BCUT2D eigenvalue weighted by Gasteiger charge is -2.38. The third-order valence-corrected chi connectivity index (χ3v) is 4.51. The van der Waals surface area contributed by atoms with Crippen molar-refractivity contribution in [3.8, 4) is 0 Å². The second-order valence-corrected chi connectivity index (χ2v) is 6.09. The van der Waals surface area contributed by atoms with Crippen LogP contribution >= 0.6 is 15.9 Å². The zero-order valence-corrected chi connectivity index (χ0v) is 13.2. The summed E-state index contributed by atoms with van der Waals surface area (Å²) in [6.07, 6.45) is 2.40. The highest BCUT2D eigenvalue weighted by Crippen LogP contribution is 2.28. The first-order valence-electron chi connectivity index (χ1n) is 7.05. The van der Waals surface area contributed by atoms with E-state index in [0.29, 0.717) is 6.04 Å². The zero-order chi connectivity index (χ0) is 13.8. The van der Waals surface area contributed by atoms with Crippen molar-refractivity contribution < 1.29 is 4.39 Å². The molecular weight excluding hydrogens is 307 g/mol. The van der Waals surface area contributed by atoms with Gasteiger partial charge in [-0.25, -0.2) is 4.39 Å². The van der Waals surface area contributed by atoms with E-state index in [4.69, 9.17) is 0 Å². The van der Waals surface area contributed by atoms with E-state index in [9.17, 15) is 4.39 Å². The van der Waals surface area contributed by atoms with Crippen molar-refractivity contribution in [3.05, 3.63) is 34.1 Å². The van der Waals surface area contributed by atoms with Crippen molar-refractivity contribution in [2.75, 3.05) is 19.6 Å². The molecule has 106 valence electrons. The Labute approximate surface area is 123 Å². The molecule has 4 heteroatoms. The molecule has 1 aromatic carbocycles. The van der Waals surface area contributed by atoms with E-state index in [0.717, 1.165) is 29.7 Å². The molecule has 19 heavy (non-hydrogen) atoms. The van der Waals surface area contributed by atoms with Gasteiger partial charge in [-0.15, -0.1) is 0 Å². The minimum atomic E-state index is -0.121. The van der Waals surface area contributed by atoms with Crippen molar-refractivity contribution in [2.24, 2.45) is 0 Å². The predicted molar refractivity (Wildman–Crippen MR) is 80.8 cm³/mol. The number of hydrogen-bond acceptors (Lipinski definition) is 2. The molecule has 1 aliphatic heterocycles.